The Kier molecular flexibility index (Phi) is 5.69. The molecule has 1 saturated heterocycles. The summed E-state index contributed by atoms with van der Waals surface area (Å²) in [6.07, 6.45) is 3.09. The van der Waals surface area contributed by atoms with Crippen LogP contribution >= 0.6 is 15.9 Å². The smallest absolute Gasteiger partial charge is 0.270 e. The number of pyridine rings is 1. The fourth-order valence-corrected chi connectivity index (χ4v) is 2.49. The van der Waals surface area contributed by atoms with E-state index in [9.17, 15) is 9.59 Å². The molecule has 1 aliphatic rings. The van der Waals surface area contributed by atoms with Gasteiger partial charge in [0.25, 0.3) is 5.91 Å². The van der Waals surface area contributed by atoms with Gasteiger partial charge < -0.3 is 15.0 Å². The number of carbonyl (C=O) groups is 2. The maximum absolute atomic E-state index is 12.1. The fraction of sp³-hybridized carbons (Fsp3) is 0.500. The molecule has 114 valence electrons. The van der Waals surface area contributed by atoms with Crippen molar-refractivity contribution in [1.29, 1.82) is 0 Å². The van der Waals surface area contributed by atoms with E-state index in [1.807, 2.05) is 0 Å². The van der Waals surface area contributed by atoms with Crippen molar-refractivity contribution in [3.8, 4) is 0 Å². The molecule has 21 heavy (non-hydrogen) atoms. The number of hydrogen-bond acceptors (Lipinski definition) is 4. The molecule has 2 heterocycles. The highest BCUT2D eigenvalue weighted by Gasteiger charge is 2.24. The van der Waals surface area contributed by atoms with Crippen LogP contribution in [0.2, 0.25) is 0 Å². The SMILES string of the molecule is COCC(=O)N1CCC(NC(=O)c2ccc(Br)cn2)CC1. The Bertz CT molecular complexity index is 499. The third-order valence-electron chi connectivity index (χ3n) is 3.41. The van der Waals surface area contributed by atoms with Gasteiger partial charge in [-0.1, -0.05) is 0 Å². The predicted octanol–water partition coefficient (Wildman–Crippen LogP) is 1.21. The number of amides is 2. The summed E-state index contributed by atoms with van der Waals surface area (Å²) in [7, 11) is 1.51. The van der Waals surface area contributed by atoms with Gasteiger partial charge in [0, 0.05) is 36.9 Å². The number of methoxy groups -OCH3 is 1. The van der Waals surface area contributed by atoms with Crippen molar-refractivity contribution >= 4 is 27.7 Å². The number of rotatable bonds is 4. The zero-order valence-electron chi connectivity index (χ0n) is 11.8. The van der Waals surface area contributed by atoms with E-state index in [-0.39, 0.29) is 24.5 Å². The molecule has 1 N–H and O–H groups in total. The van der Waals surface area contributed by atoms with E-state index in [2.05, 4.69) is 26.2 Å². The Hall–Kier alpha value is -1.47. The number of piperidine rings is 1. The quantitative estimate of drug-likeness (QED) is 0.881. The maximum Gasteiger partial charge on any atom is 0.270 e. The van der Waals surface area contributed by atoms with E-state index >= 15 is 0 Å². The second-order valence-corrected chi connectivity index (χ2v) is 5.84. The predicted molar refractivity (Wildman–Crippen MR) is 80.9 cm³/mol. The van der Waals surface area contributed by atoms with Crippen molar-refractivity contribution in [2.45, 2.75) is 18.9 Å². The number of hydrogen-bond donors (Lipinski definition) is 1. The lowest BCUT2D eigenvalue weighted by atomic mass is 10.0. The second-order valence-electron chi connectivity index (χ2n) is 4.92. The first-order valence-electron chi connectivity index (χ1n) is 6.79. The minimum absolute atomic E-state index is 0.00291. The van der Waals surface area contributed by atoms with Gasteiger partial charge in [0.05, 0.1) is 0 Å². The third-order valence-corrected chi connectivity index (χ3v) is 3.88. The molecular formula is C14H18BrN3O3. The molecule has 0 saturated carbocycles. The van der Waals surface area contributed by atoms with Crippen LogP contribution in [-0.4, -0.2) is 54.5 Å². The normalized spacial score (nSPS) is 15.8. The van der Waals surface area contributed by atoms with Gasteiger partial charge in [-0.15, -0.1) is 0 Å². The molecule has 0 radical (unpaired) electrons. The van der Waals surface area contributed by atoms with Crippen molar-refractivity contribution < 1.29 is 14.3 Å². The van der Waals surface area contributed by atoms with Crippen LogP contribution in [0, 0.1) is 0 Å². The Morgan fingerprint density at radius 3 is 2.71 bits per heavy atom. The zero-order valence-corrected chi connectivity index (χ0v) is 13.4. The van der Waals surface area contributed by atoms with E-state index in [0.717, 1.165) is 17.3 Å². The van der Waals surface area contributed by atoms with Crippen molar-refractivity contribution in [2.75, 3.05) is 26.8 Å². The van der Waals surface area contributed by atoms with E-state index in [4.69, 9.17) is 4.74 Å². The van der Waals surface area contributed by atoms with Crippen LogP contribution in [0.5, 0.6) is 0 Å². The Balaban J connectivity index is 1.82. The lowest BCUT2D eigenvalue weighted by Gasteiger charge is -2.32. The number of nitrogens with one attached hydrogen (secondary N) is 1. The van der Waals surface area contributed by atoms with E-state index < -0.39 is 0 Å². The van der Waals surface area contributed by atoms with Gasteiger partial charge in [-0.05, 0) is 40.9 Å². The molecule has 0 unspecified atom stereocenters. The first kappa shape index (κ1) is 15.9. The van der Waals surface area contributed by atoms with Crippen LogP contribution in [0.25, 0.3) is 0 Å². The highest BCUT2D eigenvalue weighted by Crippen LogP contribution is 2.12. The van der Waals surface area contributed by atoms with Gasteiger partial charge in [0.1, 0.15) is 12.3 Å². The average Bonchev–Trinajstić information content (AvgIpc) is 2.49. The summed E-state index contributed by atoms with van der Waals surface area (Å²) in [5, 5.41) is 2.96. The molecule has 1 aromatic heterocycles. The highest BCUT2D eigenvalue weighted by molar-refractivity contribution is 9.10. The molecule has 1 fully saturated rings. The van der Waals surface area contributed by atoms with E-state index in [1.54, 1.807) is 23.2 Å². The molecule has 1 aliphatic heterocycles. The van der Waals surface area contributed by atoms with Gasteiger partial charge in [-0.2, -0.15) is 0 Å². The van der Waals surface area contributed by atoms with Crippen molar-refractivity contribution in [2.24, 2.45) is 0 Å². The van der Waals surface area contributed by atoms with Crippen LogP contribution < -0.4 is 5.32 Å². The summed E-state index contributed by atoms with van der Waals surface area (Å²) in [5.41, 5.74) is 0.399. The Labute approximate surface area is 132 Å². The Morgan fingerprint density at radius 1 is 1.43 bits per heavy atom. The molecular weight excluding hydrogens is 338 g/mol. The number of carbonyl (C=O) groups excluding carboxylic acids is 2. The molecule has 0 spiro atoms. The average molecular weight is 356 g/mol. The topological polar surface area (TPSA) is 71.5 Å². The lowest BCUT2D eigenvalue weighted by Crippen LogP contribution is -2.47. The number of aromatic nitrogens is 1. The van der Waals surface area contributed by atoms with E-state index in [1.165, 1.54) is 7.11 Å². The summed E-state index contributed by atoms with van der Waals surface area (Å²) < 4.78 is 5.68. The third kappa shape index (κ3) is 4.50. The van der Waals surface area contributed by atoms with Gasteiger partial charge in [0.15, 0.2) is 0 Å². The standard InChI is InChI=1S/C14H18BrN3O3/c1-21-9-13(19)18-6-4-11(5-7-18)17-14(20)12-3-2-10(15)8-16-12/h2-3,8,11H,4-7,9H2,1H3,(H,17,20). The van der Waals surface area contributed by atoms with Crippen molar-refractivity contribution in [1.82, 2.24) is 15.2 Å². The zero-order chi connectivity index (χ0) is 15.2. The highest BCUT2D eigenvalue weighted by atomic mass is 79.9. The number of likely N-dealkylation sites (tertiary alicyclic amines) is 1. The van der Waals surface area contributed by atoms with Gasteiger partial charge in [0.2, 0.25) is 5.91 Å². The molecule has 7 heteroatoms. The summed E-state index contributed by atoms with van der Waals surface area (Å²) in [5.74, 6) is -0.180. The first-order chi connectivity index (χ1) is 10.1. The number of ether oxygens (including phenoxy) is 1. The van der Waals surface area contributed by atoms with E-state index in [0.29, 0.717) is 18.8 Å². The number of halogens is 1. The molecule has 6 nitrogen and oxygen atoms in total. The van der Waals surface area contributed by atoms with Crippen molar-refractivity contribution in [3.63, 3.8) is 0 Å². The van der Waals surface area contributed by atoms with Gasteiger partial charge >= 0.3 is 0 Å². The molecule has 2 amide bonds. The summed E-state index contributed by atoms with van der Waals surface area (Å²) >= 11 is 3.28. The van der Waals surface area contributed by atoms with Crippen molar-refractivity contribution in [3.05, 3.63) is 28.5 Å². The first-order valence-corrected chi connectivity index (χ1v) is 7.58. The lowest BCUT2D eigenvalue weighted by molar-refractivity contribution is -0.136. The summed E-state index contributed by atoms with van der Waals surface area (Å²) in [6.45, 7) is 1.39. The van der Waals surface area contributed by atoms with Gasteiger partial charge in [-0.3, -0.25) is 9.59 Å². The number of nitrogens with zero attached hydrogens (tertiary/aromatic N) is 2. The molecule has 0 aromatic carbocycles. The summed E-state index contributed by atoms with van der Waals surface area (Å²) in [6, 6.07) is 3.54. The second kappa shape index (κ2) is 7.51. The fourth-order valence-electron chi connectivity index (χ4n) is 2.26. The van der Waals surface area contributed by atoms with Crippen LogP contribution in [-0.2, 0) is 9.53 Å². The van der Waals surface area contributed by atoms with Crippen LogP contribution in [0.1, 0.15) is 23.3 Å². The van der Waals surface area contributed by atoms with Crippen LogP contribution in [0.4, 0.5) is 0 Å². The molecule has 1 aromatic rings. The molecule has 0 atom stereocenters. The molecule has 0 bridgehead atoms. The molecule has 2 rings (SSSR count). The summed E-state index contributed by atoms with van der Waals surface area (Å²) in [4.78, 5) is 29.6. The van der Waals surface area contributed by atoms with Crippen LogP contribution in [0.15, 0.2) is 22.8 Å². The Morgan fingerprint density at radius 2 is 2.14 bits per heavy atom. The monoisotopic (exact) mass is 355 g/mol. The molecule has 0 aliphatic carbocycles. The van der Waals surface area contributed by atoms with Crippen LogP contribution in [0.3, 0.4) is 0 Å². The minimum atomic E-state index is -0.177. The van der Waals surface area contributed by atoms with Gasteiger partial charge in [-0.25, -0.2) is 4.98 Å². The largest absolute Gasteiger partial charge is 0.375 e. The minimum Gasteiger partial charge on any atom is -0.375 e. The maximum atomic E-state index is 12.1.